The van der Waals surface area contributed by atoms with E-state index in [2.05, 4.69) is 5.32 Å². The molecule has 2 rings (SSSR count). The number of ether oxygens (including phenoxy) is 1. The summed E-state index contributed by atoms with van der Waals surface area (Å²) in [6.07, 6.45) is 5.91. The lowest BCUT2D eigenvalue weighted by molar-refractivity contribution is -0.139. The highest BCUT2D eigenvalue weighted by Crippen LogP contribution is 2.29. The number of methoxy groups -OCH3 is 1. The van der Waals surface area contributed by atoms with Crippen molar-refractivity contribution >= 4 is 11.8 Å². The zero-order chi connectivity index (χ0) is 14.5. The van der Waals surface area contributed by atoms with Gasteiger partial charge in [0.1, 0.15) is 0 Å². The van der Waals surface area contributed by atoms with Gasteiger partial charge in [-0.25, -0.2) is 0 Å². The first-order chi connectivity index (χ1) is 9.61. The predicted molar refractivity (Wildman–Crippen MR) is 76.2 cm³/mol. The molecule has 20 heavy (non-hydrogen) atoms. The van der Waals surface area contributed by atoms with E-state index in [1.165, 1.54) is 13.3 Å². The molecule has 0 bridgehead atoms. The van der Waals surface area contributed by atoms with Gasteiger partial charge in [-0.15, -0.1) is 0 Å². The summed E-state index contributed by atoms with van der Waals surface area (Å²) < 4.78 is 5.44. The summed E-state index contributed by atoms with van der Waals surface area (Å²) >= 11 is 0. The van der Waals surface area contributed by atoms with Crippen LogP contribution in [0.1, 0.15) is 45.4 Å². The van der Waals surface area contributed by atoms with E-state index >= 15 is 0 Å². The Bertz CT molecular complexity index is 353. The number of hydrogen-bond acceptors (Lipinski definition) is 3. The number of carbonyl (C=O) groups excluding carboxylic acids is 2. The van der Waals surface area contributed by atoms with Crippen molar-refractivity contribution in [2.75, 3.05) is 20.2 Å². The Kier molecular flexibility index (Phi) is 5.40. The van der Waals surface area contributed by atoms with Gasteiger partial charge in [-0.1, -0.05) is 0 Å². The molecule has 1 saturated heterocycles. The number of amides is 2. The first kappa shape index (κ1) is 15.3. The number of rotatable bonds is 3. The Balaban J connectivity index is 1.95. The van der Waals surface area contributed by atoms with Gasteiger partial charge in [-0.2, -0.15) is 0 Å². The third-order valence-electron chi connectivity index (χ3n) is 4.50. The average molecular weight is 282 g/mol. The fraction of sp³-hybridized carbons (Fsp3) is 0.867. The average Bonchev–Trinajstić information content (AvgIpc) is 2.46. The minimum absolute atomic E-state index is 0.0318. The van der Waals surface area contributed by atoms with Gasteiger partial charge in [0.2, 0.25) is 11.8 Å². The van der Waals surface area contributed by atoms with Crippen LogP contribution in [0.15, 0.2) is 0 Å². The van der Waals surface area contributed by atoms with Crippen molar-refractivity contribution in [1.82, 2.24) is 10.2 Å². The molecule has 1 N–H and O–H groups in total. The van der Waals surface area contributed by atoms with Gasteiger partial charge in [-0.05, 0) is 38.5 Å². The molecule has 2 amide bonds. The lowest BCUT2D eigenvalue weighted by Gasteiger charge is -2.38. The lowest BCUT2D eigenvalue weighted by Crippen LogP contribution is -2.50. The molecule has 0 aromatic heterocycles. The van der Waals surface area contributed by atoms with E-state index in [9.17, 15) is 9.59 Å². The van der Waals surface area contributed by atoms with Crippen LogP contribution in [-0.2, 0) is 14.3 Å². The molecule has 0 aromatic carbocycles. The first-order valence-corrected chi connectivity index (χ1v) is 7.70. The monoisotopic (exact) mass is 282 g/mol. The van der Waals surface area contributed by atoms with Crippen molar-refractivity contribution in [3.8, 4) is 0 Å². The third kappa shape index (κ3) is 3.72. The fourth-order valence-electron chi connectivity index (χ4n) is 3.43. The van der Waals surface area contributed by atoms with E-state index in [1.807, 2.05) is 4.90 Å². The first-order valence-electron chi connectivity index (χ1n) is 7.70. The van der Waals surface area contributed by atoms with Crippen LogP contribution in [0.4, 0.5) is 0 Å². The van der Waals surface area contributed by atoms with Crippen molar-refractivity contribution in [3.05, 3.63) is 0 Å². The number of likely N-dealkylation sites (tertiary alicyclic amines) is 1. The Morgan fingerprint density at radius 3 is 2.45 bits per heavy atom. The van der Waals surface area contributed by atoms with Gasteiger partial charge < -0.3 is 15.0 Å². The second-order valence-electron chi connectivity index (χ2n) is 5.98. The molecule has 0 spiro atoms. The molecule has 1 aliphatic carbocycles. The van der Waals surface area contributed by atoms with E-state index in [0.717, 1.165) is 38.8 Å². The Labute approximate surface area is 121 Å². The van der Waals surface area contributed by atoms with Crippen molar-refractivity contribution in [3.63, 3.8) is 0 Å². The molecule has 3 atom stereocenters. The van der Waals surface area contributed by atoms with E-state index in [-0.39, 0.29) is 29.9 Å². The number of hydrogen-bond donors (Lipinski definition) is 1. The highest BCUT2D eigenvalue weighted by Gasteiger charge is 2.36. The zero-order valence-electron chi connectivity index (χ0n) is 12.6. The molecule has 114 valence electrons. The molecule has 5 nitrogen and oxygen atoms in total. The Morgan fingerprint density at radius 1 is 1.15 bits per heavy atom. The van der Waals surface area contributed by atoms with Crippen LogP contribution in [0, 0.1) is 5.92 Å². The second-order valence-corrected chi connectivity index (χ2v) is 5.98. The zero-order valence-corrected chi connectivity index (χ0v) is 12.6. The smallest absolute Gasteiger partial charge is 0.225 e. The highest BCUT2D eigenvalue weighted by atomic mass is 16.5. The largest absolute Gasteiger partial charge is 0.379 e. The van der Waals surface area contributed by atoms with Crippen LogP contribution in [0.2, 0.25) is 0 Å². The minimum Gasteiger partial charge on any atom is -0.379 e. The van der Waals surface area contributed by atoms with Crippen LogP contribution < -0.4 is 5.32 Å². The van der Waals surface area contributed by atoms with Gasteiger partial charge in [0, 0.05) is 33.0 Å². The van der Waals surface area contributed by atoms with Crippen molar-refractivity contribution in [2.24, 2.45) is 5.92 Å². The van der Waals surface area contributed by atoms with Gasteiger partial charge in [0.25, 0.3) is 0 Å². The maximum absolute atomic E-state index is 12.6. The summed E-state index contributed by atoms with van der Waals surface area (Å²) in [4.78, 5) is 25.8. The van der Waals surface area contributed by atoms with E-state index in [4.69, 9.17) is 4.74 Å². The number of piperidine rings is 1. The van der Waals surface area contributed by atoms with Gasteiger partial charge in [-0.3, -0.25) is 9.59 Å². The van der Waals surface area contributed by atoms with Crippen LogP contribution >= 0.6 is 0 Å². The topological polar surface area (TPSA) is 58.6 Å². The molecule has 1 heterocycles. The molecule has 0 aromatic rings. The molecule has 2 fully saturated rings. The summed E-state index contributed by atoms with van der Waals surface area (Å²) in [6.45, 7) is 3.31. The molecule has 0 radical (unpaired) electrons. The molecule has 1 saturated carbocycles. The summed E-state index contributed by atoms with van der Waals surface area (Å²) in [5.74, 6) is 0.258. The summed E-state index contributed by atoms with van der Waals surface area (Å²) in [5, 5.41) is 2.94. The summed E-state index contributed by atoms with van der Waals surface area (Å²) in [5.41, 5.74) is 0. The van der Waals surface area contributed by atoms with E-state index in [0.29, 0.717) is 6.42 Å². The summed E-state index contributed by atoms with van der Waals surface area (Å²) in [7, 11) is 1.67. The number of carbonyl (C=O) groups is 2. The standard InChI is InChI=1S/C15H26N2O3/c1-11(18)16-13-10-12(6-7-14(13)20-2)15(19)17-8-4-3-5-9-17/h12-14H,3-10H2,1-2H3,(H,16,18)/t12-,13+,14+/m0/s1. The normalized spacial score (nSPS) is 30.9. The molecule has 5 heteroatoms. The van der Waals surface area contributed by atoms with Crippen molar-refractivity contribution in [1.29, 1.82) is 0 Å². The van der Waals surface area contributed by atoms with Gasteiger partial charge in [0.05, 0.1) is 12.1 Å². The third-order valence-corrected chi connectivity index (χ3v) is 4.50. The number of nitrogens with one attached hydrogen (secondary N) is 1. The van der Waals surface area contributed by atoms with Crippen LogP contribution in [0.25, 0.3) is 0 Å². The molecule has 2 aliphatic rings. The maximum atomic E-state index is 12.6. The lowest BCUT2D eigenvalue weighted by atomic mass is 9.82. The van der Waals surface area contributed by atoms with Crippen molar-refractivity contribution < 1.29 is 14.3 Å². The quantitative estimate of drug-likeness (QED) is 0.849. The SMILES string of the molecule is CO[C@@H]1CC[C@H](C(=O)N2CCCCC2)C[C@H]1NC(C)=O. The van der Waals surface area contributed by atoms with Crippen LogP contribution in [0.5, 0.6) is 0 Å². The molecular formula is C15H26N2O3. The minimum atomic E-state index is -0.0527. The Morgan fingerprint density at radius 2 is 1.85 bits per heavy atom. The second kappa shape index (κ2) is 7.07. The number of nitrogens with zero attached hydrogens (tertiary/aromatic N) is 1. The van der Waals surface area contributed by atoms with Crippen LogP contribution in [-0.4, -0.2) is 49.1 Å². The highest BCUT2D eigenvalue weighted by molar-refractivity contribution is 5.79. The predicted octanol–water partition coefficient (Wildman–Crippen LogP) is 1.32. The van der Waals surface area contributed by atoms with E-state index in [1.54, 1.807) is 7.11 Å². The maximum Gasteiger partial charge on any atom is 0.225 e. The molecule has 0 unspecified atom stereocenters. The summed E-state index contributed by atoms with van der Waals surface area (Å²) in [6, 6.07) is -0.0370. The van der Waals surface area contributed by atoms with Gasteiger partial charge in [0.15, 0.2) is 0 Å². The fourth-order valence-corrected chi connectivity index (χ4v) is 3.43. The Hall–Kier alpha value is -1.10. The molecule has 1 aliphatic heterocycles. The molecular weight excluding hydrogens is 256 g/mol. The van der Waals surface area contributed by atoms with Gasteiger partial charge >= 0.3 is 0 Å². The van der Waals surface area contributed by atoms with Crippen molar-refractivity contribution in [2.45, 2.75) is 57.6 Å². The van der Waals surface area contributed by atoms with E-state index < -0.39 is 0 Å². The van der Waals surface area contributed by atoms with Crippen LogP contribution in [0.3, 0.4) is 0 Å².